The van der Waals surface area contributed by atoms with E-state index < -0.39 is 0 Å². The van der Waals surface area contributed by atoms with E-state index in [4.69, 9.17) is 9.72 Å². The molecule has 1 atom stereocenters. The highest BCUT2D eigenvalue weighted by Gasteiger charge is 2.31. The molecule has 0 saturated carbocycles. The predicted octanol–water partition coefficient (Wildman–Crippen LogP) is 3.01. The van der Waals surface area contributed by atoms with Crippen LogP contribution in [0, 0.1) is 0 Å². The molecule has 0 aliphatic carbocycles. The SMILES string of the molecule is COCCCc1nc2cccnc2n1C1CCCN1C(C)C. The van der Waals surface area contributed by atoms with E-state index in [-0.39, 0.29) is 0 Å². The zero-order valence-electron chi connectivity index (χ0n) is 13.8. The molecule has 1 unspecified atom stereocenters. The first kappa shape index (κ1) is 15.4. The number of aromatic nitrogens is 3. The van der Waals surface area contributed by atoms with Crippen molar-refractivity contribution in [2.45, 2.75) is 51.7 Å². The van der Waals surface area contributed by atoms with Crippen molar-refractivity contribution >= 4 is 11.2 Å². The van der Waals surface area contributed by atoms with Gasteiger partial charge in [0.1, 0.15) is 11.3 Å². The second-order valence-electron chi connectivity index (χ2n) is 6.29. The Morgan fingerprint density at radius 3 is 3.05 bits per heavy atom. The van der Waals surface area contributed by atoms with Crippen molar-refractivity contribution in [2.24, 2.45) is 0 Å². The Balaban J connectivity index is 1.99. The Hall–Kier alpha value is -1.46. The minimum Gasteiger partial charge on any atom is -0.385 e. The van der Waals surface area contributed by atoms with Gasteiger partial charge in [-0.05, 0) is 45.2 Å². The smallest absolute Gasteiger partial charge is 0.161 e. The van der Waals surface area contributed by atoms with Crippen molar-refractivity contribution in [3.8, 4) is 0 Å². The number of pyridine rings is 1. The van der Waals surface area contributed by atoms with Gasteiger partial charge in [0.2, 0.25) is 0 Å². The lowest BCUT2D eigenvalue weighted by molar-refractivity contribution is 0.150. The van der Waals surface area contributed by atoms with Gasteiger partial charge in [-0.25, -0.2) is 9.97 Å². The molecule has 5 heteroatoms. The van der Waals surface area contributed by atoms with Gasteiger partial charge in [0.25, 0.3) is 0 Å². The van der Waals surface area contributed by atoms with Gasteiger partial charge in [-0.1, -0.05) is 0 Å². The molecule has 0 radical (unpaired) electrons. The molecular weight excluding hydrogens is 276 g/mol. The predicted molar refractivity (Wildman–Crippen MR) is 87.8 cm³/mol. The number of hydrogen-bond donors (Lipinski definition) is 0. The first-order valence-electron chi connectivity index (χ1n) is 8.29. The van der Waals surface area contributed by atoms with Crippen LogP contribution in [0.2, 0.25) is 0 Å². The lowest BCUT2D eigenvalue weighted by atomic mass is 10.2. The van der Waals surface area contributed by atoms with Gasteiger partial charge in [0.15, 0.2) is 5.65 Å². The summed E-state index contributed by atoms with van der Waals surface area (Å²) >= 11 is 0. The monoisotopic (exact) mass is 302 g/mol. The summed E-state index contributed by atoms with van der Waals surface area (Å²) in [6.45, 7) is 6.48. The van der Waals surface area contributed by atoms with Crippen molar-refractivity contribution < 1.29 is 4.74 Å². The third-order valence-electron chi connectivity index (χ3n) is 4.49. The molecule has 1 saturated heterocycles. The molecule has 1 aliphatic rings. The molecule has 22 heavy (non-hydrogen) atoms. The molecule has 0 aromatic carbocycles. The van der Waals surface area contributed by atoms with E-state index in [2.05, 4.69) is 34.4 Å². The van der Waals surface area contributed by atoms with Crippen molar-refractivity contribution in [3.63, 3.8) is 0 Å². The molecule has 0 spiro atoms. The van der Waals surface area contributed by atoms with Crippen molar-refractivity contribution in [3.05, 3.63) is 24.2 Å². The van der Waals surface area contributed by atoms with E-state index in [1.54, 1.807) is 7.11 Å². The highest BCUT2D eigenvalue weighted by molar-refractivity contribution is 5.71. The average Bonchev–Trinajstić information content (AvgIpc) is 3.10. The summed E-state index contributed by atoms with van der Waals surface area (Å²) in [5.41, 5.74) is 2.03. The van der Waals surface area contributed by atoms with Crippen molar-refractivity contribution in [1.82, 2.24) is 19.4 Å². The fourth-order valence-corrected chi connectivity index (χ4v) is 3.49. The molecule has 5 nitrogen and oxygen atoms in total. The molecule has 1 aliphatic heterocycles. The number of aryl methyl sites for hydroxylation is 1. The maximum atomic E-state index is 5.20. The number of methoxy groups -OCH3 is 1. The second kappa shape index (κ2) is 6.75. The van der Waals surface area contributed by atoms with Crippen LogP contribution in [0.5, 0.6) is 0 Å². The van der Waals surface area contributed by atoms with Crippen molar-refractivity contribution in [1.29, 1.82) is 0 Å². The van der Waals surface area contributed by atoms with E-state index in [0.717, 1.165) is 43.0 Å². The Morgan fingerprint density at radius 1 is 1.41 bits per heavy atom. The van der Waals surface area contributed by atoms with E-state index in [1.807, 2.05) is 12.3 Å². The maximum absolute atomic E-state index is 5.20. The zero-order valence-corrected chi connectivity index (χ0v) is 13.8. The fourth-order valence-electron chi connectivity index (χ4n) is 3.49. The average molecular weight is 302 g/mol. The van der Waals surface area contributed by atoms with Crippen LogP contribution < -0.4 is 0 Å². The van der Waals surface area contributed by atoms with Crippen LogP contribution in [-0.4, -0.2) is 45.7 Å². The number of ether oxygens (including phenoxy) is 1. The van der Waals surface area contributed by atoms with Crippen LogP contribution >= 0.6 is 0 Å². The number of fused-ring (bicyclic) bond motifs is 1. The Kier molecular flexibility index (Phi) is 4.74. The molecule has 0 N–H and O–H groups in total. The van der Waals surface area contributed by atoms with Crippen LogP contribution in [0.4, 0.5) is 0 Å². The lowest BCUT2D eigenvalue weighted by Gasteiger charge is -2.30. The van der Waals surface area contributed by atoms with Gasteiger partial charge in [-0.2, -0.15) is 0 Å². The molecular formula is C17H26N4O. The van der Waals surface area contributed by atoms with E-state index >= 15 is 0 Å². The van der Waals surface area contributed by atoms with E-state index in [0.29, 0.717) is 12.2 Å². The largest absolute Gasteiger partial charge is 0.385 e. The Labute approximate surface area is 132 Å². The summed E-state index contributed by atoms with van der Waals surface area (Å²) < 4.78 is 7.57. The highest BCUT2D eigenvalue weighted by Crippen LogP contribution is 2.32. The van der Waals surface area contributed by atoms with E-state index in [9.17, 15) is 0 Å². The molecule has 2 aromatic heterocycles. The molecule has 2 aromatic rings. The zero-order chi connectivity index (χ0) is 15.5. The van der Waals surface area contributed by atoms with Crippen molar-refractivity contribution in [2.75, 3.05) is 20.3 Å². The molecule has 0 amide bonds. The van der Waals surface area contributed by atoms with Crippen LogP contribution in [0.1, 0.15) is 45.1 Å². The lowest BCUT2D eigenvalue weighted by Crippen LogP contribution is -2.34. The summed E-state index contributed by atoms with van der Waals surface area (Å²) in [6.07, 6.45) is 6.61. The number of imidazole rings is 1. The van der Waals surface area contributed by atoms with Gasteiger partial charge < -0.3 is 4.74 Å². The first-order chi connectivity index (χ1) is 10.7. The molecule has 0 bridgehead atoms. The molecule has 3 heterocycles. The number of nitrogens with zero attached hydrogens (tertiary/aromatic N) is 4. The summed E-state index contributed by atoms with van der Waals surface area (Å²) in [4.78, 5) is 12.0. The summed E-state index contributed by atoms with van der Waals surface area (Å²) in [5.74, 6) is 1.14. The second-order valence-corrected chi connectivity index (χ2v) is 6.29. The standard InChI is InChI=1S/C17H26N4O/c1-13(2)20-11-5-9-16(20)21-15(8-6-12-22-3)19-14-7-4-10-18-17(14)21/h4,7,10,13,16H,5-6,8-9,11-12H2,1-3H3. The first-order valence-corrected chi connectivity index (χ1v) is 8.29. The van der Waals surface area contributed by atoms with Crippen LogP contribution in [0.25, 0.3) is 11.2 Å². The molecule has 3 rings (SSSR count). The fraction of sp³-hybridized carbons (Fsp3) is 0.647. The summed E-state index contributed by atoms with van der Waals surface area (Å²) in [6, 6.07) is 4.57. The van der Waals surface area contributed by atoms with Gasteiger partial charge in [0.05, 0.1) is 6.17 Å². The van der Waals surface area contributed by atoms with Crippen LogP contribution in [0.3, 0.4) is 0 Å². The minimum absolute atomic E-state index is 0.387. The quantitative estimate of drug-likeness (QED) is 0.769. The van der Waals surface area contributed by atoms with E-state index in [1.165, 1.54) is 12.8 Å². The summed E-state index contributed by atoms with van der Waals surface area (Å²) in [5, 5.41) is 0. The maximum Gasteiger partial charge on any atom is 0.161 e. The molecule has 120 valence electrons. The summed E-state index contributed by atoms with van der Waals surface area (Å²) in [7, 11) is 1.75. The molecule has 1 fully saturated rings. The van der Waals surface area contributed by atoms with Crippen LogP contribution in [-0.2, 0) is 11.2 Å². The number of hydrogen-bond acceptors (Lipinski definition) is 4. The minimum atomic E-state index is 0.387. The normalized spacial score (nSPS) is 19.5. The van der Waals surface area contributed by atoms with Gasteiger partial charge in [-0.3, -0.25) is 9.47 Å². The van der Waals surface area contributed by atoms with Crippen LogP contribution in [0.15, 0.2) is 18.3 Å². The van der Waals surface area contributed by atoms with Gasteiger partial charge in [0, 0.05) is 38.9 Å². The van der Waals surface area contributed by atoms with Gasteiger partial charge >= 0.3 is 0 Å². The van der Waals surface area contributed by atoms with Gasteiger partial charge in [-0.15, -0.1) is 0 Å². The topological polar surface area (TPSA) is 43.2 Å². The third kappa shape index (κ3) is 2.88. The Morgan fingerprint density at radius 2 is 2.27 bits per heavy atom. The Bertz CT molecular complexity index is 622. The highest BCUT2D eigenvalue weighted by atomic mass is 16.5. The third-order valence-corrected chi connectivity index (χ3v) is 4.49. The number of likely N-dealkylation sites (tertiary alicyclic amines) is 1. The number of rotatable bonds is 6.